The van der Waals surface area contributed by atoms with Gasteiger partial charge in [0, 0.05) is 17.9 Å². The zero-order chi connectivity index (χ0) is 12.5. The van der Waals surface area contributed by atoms with E-state index in [0.29, 0.717) is 6.61 Å². The van der Waals surface area contributed by atoms with Crippen LogP contribution in [0, 0.1) is 0 Å². The van der Waals surface area contributed by atoms with E-state index in [9.17, 15) is 0 Å². The molecule has 0 saturated heterocycles. The number of thiol groups is 1. The van der Waals surface area contributed by atoms with Crippen LogP contribution in [-0.2, 0) is 0 Å². The summed E-state index contributed by atoms with van der Waals surface area (Å²) in [7, 11) is 1.65. The van der Waals surface area contributed by atoms with Crippen molar-refractivity contribution in [2.45, 2.75) is 25.3 Å². The van der Waals surface area contributed by atoms with Crippen molar-refractivity contribution < 1.29 is 9.47 Å². The Morgan fingerprint density at radius 3 is 2.76 bits per heavy atom. The van der Waals surface area contributed by atoms with Gasteiger partial charge in [-0.15, -0.1) is 0 Å². The smallest absolute Gasteiger partial charge is 0.122 e. The van der Waals surface area contributed by atoms with Crippen LogP contribution in [0.4, 0.5) is 0 Å². The second-order valence-corrected chi connectivity index (χ2v) is 4.33. The van der Waals surface area contributed by atoms with Gasteiger partial charge in [-0.1, -0.05) is 6.07 Å². The summed E-state index contributed by atoms with van der Waals surface area (Å²) in [4.78, 5) is 0. The van der Waals surface area contributed by atoms with Crippen molar-refractivity contribution in [2.75, 3.05) is 19.5 Å². The Morgan fingerprint density at radius 2 is 2.06 bits per heavy atom. The summed E-state index contributed by atoms with van der Waals surface area (Å²) in [5.74, 6) is 2.42. The molecular weight excluding hydrogens is 234 g/mol. The topological polar surface area (TPSA) is 44.5 Å². The number of ether oxygens (including phenoxy) is 2. The fourth-order valence-corrected chi connectivity index (χ4v) is 1.66. The fraction of sp³-hybridized carbons (Fsp3) is 0.538. The molecule has 0 aliphatic carbocycles. The molecule has 1 unspecified atom stereocenters. The van der Waals surface area contributed by atoms with Gasteiger partial charge in [0.15, 0.2) is 0 Å². The highest BCUT2D eigenvalue weighted by molar-refractivity contribution is 7.80. The highest BCUT2D eigenvalue weighted by Gasteiger charge is 2.00. The van der Waals surface area contributed by atoms with Crippen molar-refractivity contribution >= 4 is 12.6 Å². The van der Waals surface area contributed by atoms with Gasteiger partial charge in [-0.3, -0.25) is 0 Å². The molecule has 0 heterocycles. The molecular formula is C13H21NO2S. The summed E-state index contributed by atoms with van der Waals surface area (Å²) in [5, 5.41) is 0. The molecule has 1 aromatic rings. The van der Waals surface area contributed by atoms with Crippen LogP contribution in [0.3, 0.4) is 0 Å². The average molecular weight is 255 g/mol. The van der Waals surface area contributed by atoms with Crippen LogP contribution in [0.1, 0.15) is 19.3 Å². The molecule has 96 valence electrons. The van der Waals surface area contributed by atoms with Gasteiger partial charge in [-0.05, 0) is 31.4 Å². The predicted molar refractivity (Wildman–Crippen MR) is 74.2 cm³/mol. The Hall–Kier alpha value is -0.870. The van der Waals surface area contributed by atoms with Gasteiger partial charge < -0.3 is 15.2 Å². The zero-order valence-corrected chi connectivity index (χ0v) is 11.2. The number of hydrogen-bond acceptors (Lipinski definition) is 4. The number of unbranched alkanes of at least 4 members (excludes halogenated alkanes) is 1. The summed E-state index contributed by atoms with van der Waals surface area (Å²) in [5.41, 5.74) is 5.77. The van der Waals surface area contributed by atoms with E-state index in [2.05, 4.69) is 12.6 Å². The van der Waals surface area contributed by atoms with E-state index < -0.39 is 0 Å². The summed E-state index contributed by atoms with van der Waals surface area (Å²) >= 11 is 4.15. The van der Waals surface area contributed by atoms with Crippen molar-refractivity contribution in [3.63, 3.8) is 0 Å². The van der Waals surface area contributed by atoms with Gasteiger partial charge in [-0.25, -0.2) is 0 Å². The van der Waals surface area contributed by atoms with Crippen molar-refractivity contribution in [2.24, 2.45) is 5.73 Å². The first-order valence-corrected chi connectivity index (χ1v) is 6.53. The van der Waals surface area contributed by atoms with Gasteiger partial charge >= 0.3 is 0 Å². The standard InChI is InChI=1S/C13H21NO2S/c1-15-12-6-4-7-13(9-12)16-8-3-2-5-11(14)10-17/h4,6-7,9,11,17H,2-3,5,8,10,14H2,1H3. The molecule has 4 heteroatoms. The average Bonchev–Trinajstić information content (AvgIpc) is 2.38. The van der Waals surface area contributed by atoms with E-state index in [4.69, 9.17) is 15.2 Å². The molecule has 0 amide bonds. The van der Waals surface area contributed by atoms with E-state index in [1.807, 2.05) is 24.3 Å². The lowest BCUT2D eigenvalue weighted by Gasteiger charge is -2.09. The van der Waals surface area contributed by atoms with Gasteiger partial charge in [0.1, 0.15) is 11.5 Å². The van der Waals surface area contributed by atoms with Crippen LogP contribution in [0.25, 0.3) is 0 Å². The third-order valence-corrected chi connectivity index (χ3v) is 2.98. The number of methoxy groups -OCH3 is 1. The van der Waals surface area contributed by atoms with E-state index in [1.165, 1.54) is 0 Å². The molecule has 0 radical (unpaired) electrons. The van der Waals surface area contributed by atoms with E-state index in [0.717, 1.165) is 36.5 Å². The molecule has 1 aromatic carbocycles. The molecule has 0 spiro atoms. The van der Waals surface area contributed by atoms with E-state index in [-0.39, 0.29) is 6.04 Å². The van der Waals surface area contributed by atoms with E-state index >= 15 is 0 Å². The summed E-state index contributed by atoms with van der Waals surface area (Å²) < 4.78 is 10.7. The third kappa shape index (κ3) is 5.84. The molecule has 1 atom stereocenters. The van der Waals surface area contributed by atoms with Gasteiger partial charge in [0.2, 0.25) is 0 Å². The first-order chi connectivity index (χ1) is 8.26. The Kier molecular flexibility index (Phi) is 6.89. The highest BCUT2D eigenvalue weighted by atomic mass is 32.1. The van der Waals surface area contributed by atoms with Gasteiger partial charge in [-0.2, -0.15) is 12.6 Å². The van der Waals surface area contributed by atoms with Crippen LogP contribution < -0.4 is 15.2 Å². The molecule has 17 heavy (non-hydrogen) atoms. The lowest BCUT2D eigenvalue weighted by atomic mass is 10.1. The van der Waals surface area contributed by atoms with Gasteiger partial charge in [0.05, 0.1) is 13.7 Å². The monoisotopic (exact) mass is 255 g/mol. The predicted octanol–water partition coefficient (Wildman–Crippen LogP) is 2.50. The molecule has 1 rings (SSSR count). The minimum atomic E-state index is 0.204. The molecule has 0 bridgehead atoms. The Morgan fingerprint density at radius 1 is 1.29 bits per heavy atom. The summed E-state index contributed by atoms with van der Waals surface area (Å²) in [6.45, 7) is 0.715. The minimum absolute atomic E-state index is 0.204. The molecule has 2 N–H and O–H groups in total. The Bertz CT molecular complexity index is 320. The Balaban J connectivity index is 2.17. The van der Waals surface area contributed by atoms with Crippen LogP contribution in [0.15, 0.2) is 24.3 Å². The number of nitrogens with two attached hydrogens (primary N) is 1. The van der Waals surface area contributed by atoms with Crippen molar-refractivity contribution in [3.05, 3.63) is 24.3 Å². The van der Waals surface area contributed by atoms with Crippen LogP contribution >= 0.6 is 12.6 Å². The number of hydrogen-bond donors (Lipinski definition) is 2. The largest absolute Gasteiger partial charge is 0.497 e. The lowest BCUT2D eigenvalue weighted by Crippen LogP contribution is -2.21. The molecule has 0 aliphatic heterocycles. The SMILES string of the molecule is COc1cccc(OCCCCC(N)CS)c1. The zero-order valence-electron chi connectivity index (χ0n) is 10.3. The maximum absolute atomic E-state index is 5.77. The fourth-order valence-electron chi connectivity index (χ4n) is 1.48. The second kappa shape index (κ2) is 8.25. The molecule has 0 aliphatic rings. The van der Waals surface area contributed by atoms with Crippen molar-refractivity contribution in [1.82, 2.24) is 0 Å². The lowest BCUT2D eigenvalue weighted by molar-refractivity contribution is 0.301. The van der Waals surface area contributed by atoms with Crippen LogP contribution in [0.2, 0.25) is 0 Å². The number of rotatable bonds is 8. The first-order valence-electron chi connectivity index (χ1n) is 5.89. The maximum atomic E-state index is 5.77. The number of benzene rings is 1. The quantitative estimate of drug-likeness (QED) is 0.554. The van der Waals surface area contributed by atoms with Crippen molar-refractivity contribution in [3.8, 4) is 11.5 Å². The molecule has 0 aromatic heterocycles. The molecule has 0 saturated carbocycles. The minimum Gasteiger partial charge on any atom is -0.497 e. The summed E-state index contributed by atoms with van der Waals surface area (Å²) in [6.07, 6.45) is 3.09. The normalized spacial score (nSPS) is 12.2. The van der Waals surface area contributed by atoms with Gasteiger partial charge in [0.25, 0.3) is 0 Å². The first kappa shape index (κ1) is 14.2. The van der Waals surface area contributed by atoms with Crippen LogP contribution in [0.5, 0.6) is 11.5 Å². The van der Waals surface area contributed by atoms with Crippen molar-refractivity contribution in [1.29, 1.82) is 0 Å². The molecule has 3 nitrogen and oxygen atoms in total. The maximum Gasteiger partial charge on any atom is 0.122 e. The van der Waals surface area contributed by atoms with E-state index in [1.54, 1.807) is 7.11 Å². The third-order valence-electron chi connectivity index (χ3n) is 2.51. The summed E-state index contributed by atoms with van der Waals surface area (Å²) in [6, 6.07) is 7.85. The highest BCUT2D eigenvalue weighted by Crippen LogP contribution is 2.19. The molecule has 0 fully saturated rings. The second-order valence-electron chi connectivity index (χ2n) is 3.97. The Labute approximate surface area is 109 Å². The van der Waals surface area contributed by atoms with Crippen LogP contribution in [-0.4, -0.2) is 25.5 Å².